The molecule has 0 spiro atoms. The molecular formula is C22H36F4O10. The third-order valence-electron chi connectivity index (χ3n) is 3.10. The van der Waals surface area contributed by atoms with E-state index in [1.165, 1.54) is 13.8 Å². The van der Waals surface area contributed by atoms with Gasteiger partial charge in [0.1, 0.15) is 18.3 Å². The standard InChI is InChI=1S/C9H12F2O4.C7H16O3.C6H8F2O3/c1-3-14-5-6(7(12)8(10)11)9(13)15-4-2;1-4-8-7(9-5-2)10-6-3;1-2-11-5(10)3-4(9)6(7)8/h5,8H,3-4H2,1-2H3;7H,4-6H2,1-3H3;6H,2-3H2,1H3/b6-5-;;. The van der Waals surface area contributed by atoms with Crippen LogP contribution in [0.3, 0.4) is 0 Å². The van der Waals surface area contributed by atoms with Crippen LogP contribution in [0.25, 0.3) is 0 Å². The van der Waals surface area contributed by atoms with Crippen molar-refractivity contribution in [3.63, 3.8) is 0 Å². The van der Waals surface area contributed by atoms with Crippen molar-refractivity contribution in [1.82, 2.24) is 0 Å². The number of ketones is 2. The summed E-state index contributed by atoms with van der Waals surface area (Å²) < 4.78 is 75.6. The van der Waals surface area contributed by atoms with Gasteiger partial charge in [-0.2, -0.15) is 0 Å². The molecule has 0 rings (SSSR count). The summed E-state index contributed by atoms with van der Waals surface area (Å²) in [6.07, 6.45) is -6.47. The second-order valence-corrected chi connectivity index (χ2v) is 5.78. The van der Waals surface area contributed by atoms with Gasteiger partial charge in [0.2, 0.25) is 11.6 Å². The summed E-state index contributed by atoms with van der Waals surface area (Å²) in [5.74, 6) is -5.00. The molecule has 0 amide bonds. The SMILES string of the molecule is CCO/C=C(\C(=O)OCC)C(=O)C(F)F.CCOC(=O)CC(=O)C(F)F.CCOC(OCC)OCC. The molecule has 0 saturated heterocycles. The lowest BCUT2D eigenvalue weighted by Crippen LogP contribution is -2.21. The first-order valence-electron chi connectivity index (χ1n) is 11.1. The lowest BCUT2D eigenvalue weighted by Gasteiger charge is -2.15. The molecule has 0 bridgehead atoms. The van der Waals surface area contributed by atoms with Gasteiger partial charge in [0, 0.05) is 19.8 Å². The lowest BCUT2D eigenvalue weighted by molar-refractivity contribution is -0.282. The van der Waals surface area contributed by atoms with Crippen LogP contribution in [0.4, 0.5) is 17.6 Å². The molecule has 0 heterocycles. The fourth-order valence-corrected chi connectivity index (χ4v) is 1.68. The highest BCUT2D eigenvalue weighted by atomic mass is 19.3. The zero-order valence-electron chi connectivity index (χ0n) is 21.4. The molecule has 0 fully saturated rings. The molecule has 0 saturated carbocycles. The molecule has 0 aliphatic carbocycles. The van der Waals surface area contributed by atoms with Crippen LogP contribution in [0.15, 0.2) is 11.8 Å². The lowest BCUT2D eigenvalue weighted by atomic mass is 10.2. The quantitative estimate of drug-likeness (QED) is 0.0551. The van der Waals surface area contributed by atoms with Crippen molar-refractivity contribution in [3.8, 4) is 0 Å². The van der Waals surface area contributed by atoms with Crippen LogP contribution in [-0.2, 0) is 47.6 Å². The minimum Gasteiger partial charge on any atom is -0.500 e. The van der Waals surface area contributed by atoms with Crippen molar-refractivity contribution in [2.75, 3.05) is 39.6 Å². The molecule has 0 unspecified atom stereocenters. The number of rotatable bonds is 16. The van der Waals surface area contributed by atoms with Gasteiger partial charge in [-0.1, -0.05) is 0 Å². The number of carbonyl (C=O) groups is 4. The molecule has 0 aromatic carbocycles. The van der Waals surface area contributed by atoms with Crippen LogP contribution in [0, 0.1) is 0 Å². The highest BCUT2D eigenvalue weighted by molar-refractivity contribution is 6.18. The number of ether oxygens (including phenoxy) is 6. The van der Waals surface area contributed by atoms with E-state index in [4.69, 9.17) is 14.2 Å². The Labute approximate surface area is 208 Å². The summed E-state index contributed by atoms with van der Waals surface area (Å²) in [5.41, 5.74) is -0.770. The Bertz CT molecular complexity index is 628. The van der Waals surface area contributed by atoms with Crippen molar-refractivity contribution in [3.05, 3.63) is 11.8 Å². The van der Waals surface area contributed by atoms with Gasteiger partial charge < -0.3 is 28.4 Å². The Morgan fingerprint density at radius 2 is 1.14 bits per heavy atom. The maximum atomic E-state index is 12.1. The van der Waals surface area contributed by atoms with E-state index in [0.717, 1.165) is 0 Å². The van der Waals surface area contributed by atoms with E-state index in [1.807, 2.05) is 20.8 Å². The number of hydrogen-bond donors (Lipinski definition) is 0. The van der Waals surface area contributed by atoms with Gasteiger partial charge in [-0.05, 0) is 41.5 Å². The molecule has 0 atom stereocenters. The fraction of sp³-hybridized carbons (Fsp3) is 0.727. The molecule has 0 radical (unpaired) electrons. The van der Waals surface area contributed by atoms with Crippen LogP contribution in [0.2, 0.25) is 0 Å². The number of esters is 2. The fourth-order valence-electron chi connectivity index (χ4n) is 1.68. The number of carbonyl (C=O) groups excluding carboxylic acids is 4. The minimum atomic E-state index is -3.25. The van der Waals surface area contributed by atoms with E-state index >= 15 is 0 Å². The van der Waals surface area contributed by atoms with Crippen LogP contribution < -0.4 is 0 Å². The molecule has 212 valence electrons. The molecule has 0 aromatic heterocycles. The second-order valence-electron chi connectivity index (χ2n) is 5.78. The van der Waals surface area contributed by atoms with Crippen molar-refractivity contribution < 1.29 is 65.2 Å². The number of hydrogen-bond acceptors (Lipinski definition) is 10. The predicted octanol–water partition coefficient (Wildman–Crippen LogP) is 3.46. The van der Waals surface area contributed by atoms with E-state index in [-0.39, 0.29) is 19.8 Å². The number of alkyl halides is 4. The van der Waals surface area contributed by atoms with Gasteiger partial charge in [-0.3, -0.25) is 14.4 Å². The highest BCUT2D eigenvalue weighted by Gasteiger charge is 2.27. The molecule has 36 heavy (non-hydrogen) atoms. The van der Waals surface area contributed by atoms with Crippen molar-refractivity contribution >= 4 is 23.5 Å². The normalized spacial score (nSPS) is 10.8. The summed E-state index contributed by atoms with van der Waals surface area (Å²) in [6, 6.07) is 0. The number of halogens is 4. The van der Waals surface area contributed by atoms with Gasteiger partial charge >= 0.3 is 18.4 Å². The Kier molecular flexibility index (Phi) is 26.9. The zero-order valence-corrected chi connectivity index (χ0v) is 21.4. The predicted molar refractivity (Wildman–Crippen MR) is 118 cm³/mol. The molecular weight excluding hydrogens is 500 g/mol. The van der Waals surface area contributed by atoms with E-state index in [1.54, 1.807) is 6.92 Å². The summed E-state index contributed by atoms with van der Waals surface area (Å²) in [4.78, 5) is 42.5. The molecule has 0 aromatic rings. The summed E-state index contributed by atoms with van der Waals surface area (Å²) in [6.45, 7) is 12.0. The van der Waals surface area contributed by atoms with Crippen molar-refractivity contribution in [2.45, 2.75) is 67.3 Å². The van der Waals surface area contributed by atoms with Crippen LogP contribution in [0.5, 0.6) is 0 Å². The molecule has 0 aliphatic heterocycles. The van der Waals surface area contributed by atoms with Crippen molar-refractivity contribution in [2.24, 2.45) is 0 Å². The zero-order chi connectivity index (χ0) is 28.5. The maximum absolute atomic E-state index is 12.1. The Hall–Kier alpha value is -2.58. The second kappa shape index (κ2) is 25.5. The first-order valence-corrected chi connectivity index (χ1v) is 11.1. The Morgan fingerprint density at radius 3 is 1.47 bits per heavy atom. The topological polar surface area (TPSA) is 124 Å². The molecule has 0 aliphatic rings. The van der Waals surface area contributed by atoms with Gasteiger partial charge in [0.05, 0.1) is 19.8 Å². The minimum absolute atomic E-state index is 0.00117. The van der Waals surface area contributed by atoms with Gasteiger partial charge in [0.15, 0.2) is 0 Å². The average molecular weight is 537 g/mol. The van der Waals surface area contributed by atoms with Gasteiger partial charge in [-0.25, -0.2) is 22.4 Å². The van der Waals surface area contributed by atoms with E-state index in [9.17, 15) is 36.7 Å². The van der Waals surface area contributed by atoms with Crippen LogP contribution >= 0.6 is 0 Å². The van der Waals surface area contributed by atoms with Gasteiger partial charge in [-0.15, -0.1) is 0 Å². The first-order chi connectivity index (χ1) is 17.0. The maximum Gasteiger partial charge on any atom is 0.345 e. The third kappa shape index (κ3) is 21.9. The van der Waals surface area contributed by atoms with Crippen LogP contribution in [0.1, 0.15) is 48.0 Å². The summed E-state index contributed by atoms with van der Waals surface area (Å²) in [7, 11) is 0. The highest BCUT2D eigenvalue weighted by Crippen LogP contribution is 2.08. The molecule has 14 heteroatoms. The van der Waals surface area contributed by atoms with E-state index in [2.05, 4.69) is 14.2 Å². The first kappa shape index (κ1) is 38.0. The summed E-state index contributed by atoms with van der Waals surface area (Å²) in [5, 5.41) is 0. The monoisotopic (exact) mass is 536 g/mol. The van der Waals surface area contributed by atoms with Crippen molar-refractivity contribution in [1.29, 1.82) is 0 Å². The Morgan fingerprint density at radius 1 is 0.667 bits per heavy atom. The van der Waals surface area contributed by atoms with Crippen LogP contribution in [-0.4, -0.2) is 82.5 Å². The smallest absolute Gasteiger partial charge is 0.345 e. The summed E-state index contributed by atoms with van der Waals surface area (Å²) >= 11 is 0. The van der Waals surface area contributed by atoms with Gasteiger partial charge in [0.25, 0.3) is 12.9 Å². The largest absolute Gasteiger partial charge is 0.500 e. The van der Waals surface area contributed by atoms with E-state index in [0.29, 0.717) is 26.1 Å². The Balaban J connectivity index is -0.000000466. The third-order valence-corrected chi connectivity index (χ3v) is 3.10. The number of Topliss-reactive ketones (excluding diaryl/α,β-unsaturated/α-hetero) is 2. The molecule has 10 nitrogen and oxygen atoms in total. The average Bonchev–Trinajstić information content (AvgIpc) is 2.80. The molecule has 0 N–H and O–H groups in total. The van der Waals surface area contributed by atoms with E-state index < -0.39 is 54.8 Å².